The van der Waals surface area contributed by atoms with Crippen molar-refractivity contribution in [3.8, 4) is 6.07 Å². The quantitative estimate of drug-likeness (QED) is 0.626. The molecule has 2 aromatic rings. The van der Waals surface area contributed by atoms with Gasteiger partial charge in [-0.3, -0.25) is 4.79 Å². The molecule has 0 aliphatic carbocycles. The van der Waals surface area contributed by atoms with Crippen molar-refractivity contribution in [2.24, 2.45) is 0 Å². The third-order valence-corrected chi connectivity index (χ3v) is 3.88. The number of nitrogens with one attached hydrogen (secondary N) is 1. The van der Waals surface area contributed by atoms with Crippen molar-refractivity contribution in [2.45, 2.75) is 26.8 Å². The van der Waals surface area contributed by atoms with E-state index in [1.54, 1.807) is 18.2 Å². The predicted molar refractivity (Wildman–Crippen MR) is 95.9 cm³/mol. The summed E-state index contributed by atoms with van der Waals surface area (Å²) in [7, 11) is 0. The van der Waals surface area contributed by atoms with Gasteiger partial charge in [-0.05, 0) is 56.7 Å². The Kier molecular flexibility index (Phi) is 5.41. The standard InChI is InChI=1S/C18H18BrN3O/c1-12(2)22-11-14(7-13(22)3)8-15(10-20)18(23)21-17-6-4-5-16(19)9-17/h4-9,11-12H,1-3H3,(H,21,23)/b15-8+. The maximum atomic E-state index is 12.3. The zero-order chi connectivity index (χ0) is 17.0. The van der Waals surface area contributed by atoms with Crippen LogP contribution in [0.5, 0.6) is 0 Å². The highest BCUT2D eigenvalue weighted by Gasteiger charge is 2.11. The molecule has 118 valence electrons. The molecule has 4 nitrogen and oxygen atoms in total. The van der Waals surface area contributed by atoms with E-state index in [-0.39, 0.29) is 5.57 Å². The molecule has 23 heavy (non-hydrogen) atoms. The molecule has 2 rings (SSSR count). The third-order valence-electron chi connectivity index (χ3n) is 3.39. The second-order valence-electron chi connectivity index (χ2n) is 5.55. The Bertz CT molecular complexity index is 797. The molecule has 0 bridgehead atoms. The number of amides is 1. The highest BCUT2D eigenvalue weighted by atomic mass is 79.9. The minimum atomic E-state index is -0.416. The minimum Gasteiger partial charge on any atom is -0.349 e. The molecule has 0 aliphatic heterocycles. The van der Waals surface area contributed by atoms with Crippen molar-refractivity contribution in [3.05, 3.63) is 57.8 Å². The van der Waals surface area contributed by atoms with Gasteiger partial charge < -0.3 is 9.88 Å². The number of halogens is 1. The van der Waals surface area contributed by atoms with E-state index in [1.807, 2.05) is 37.4 Å². The largest absolute Gasteiger partial charge is 0.349 e. The Hall–Kier alpha value is -2.32. The van der Waals surface area contributed by atoms with Crippen LogP contribution in [0.15, 0.2) is 46.6 Å². The predicted octanol–water partition coefficient (Wildman–Crippen LogP) is 4.69. The lowest BCUT2D eigenvalue weighted by atomic mass is 10.2. The average molecular weight is 372 g/mol. The fourth-order valence-corrected chi connectivity index (χ4v) is 2.73. The molecule has 0 spiro atoms. The number of carbonyl (C=O) groups is 1. The van der Waals surface area contributed by atoms with Crippen molar-refractivity contribution in [1.29, 1.82) is 5.26 Å². The summed E-state index contributed by atoms with van der Waals surface area (Å²) in [6.07, 6.45) is 3.56. The summed E-state index contributed by atoms with van der Waals surface area (Å²) in [6, 6.07) is 11.5. The van der Waals surface area contributed by atoms with Crippen LogP contribution < -0.4 is 5.32 Å². The summed E-state index contributed by atoms with van der Waals surface area (Å²) in [5.41, 5.74) is 2.65. The zero-order valence-electron chi connectivity index (χ0n) is 13.3. The molecule has 0 fully saturated rings. The van der Waals surface area contributed by atoms with Gasteiger partial charge in [-0.1, -0.05) is 22.0 Å². The van der Waals surface area contributed by atoms with Crippen LogP contribution in [0.3, 0.4) is 0 Å². The summed E-state index contributed by atoms with van der Waals surface area (Å²) < 4.78 is 2.97. The number of anilines is 1. The minimum absolute atomic E-state index is 0.0749. The van der Waals surface area contributed by atoms with E-state index in [0.29, 0.717) is 11.7 Å². The van der Waals surface area contributed by atoms with Gasteiger partial charge in [0.1, 0.15) is 11.6 Å². The first-order chi connectivity index (χ1) is 10.9. The molecule has 0 aliphatic rings. The van der Waals surface area contributed by atoms with Crippen LogP contribution >= 0.6 is 15.9 Å². The van der Waals surface area contributed by atoms with Crippen LogP contribution in [-0.2, 0) is 4.79 Å². The van der Waals surface area contributed by atoms with Crippen molar-refractivity contribution in [1.82, 2.24) is 4.57 Å². The van der Waals surface area contributed by atoms with Crippen molar-refractivity contribution < 1.29 is 4.79 Å². The molecule has 0 unspecified atom stereocenters. The van der Waals surface area contributed by atoms with Crippen LogP contribution in [0.4, 0.5) is 5.69 Å². The molecular formula is C18H18BrN3O. The maximum Gasteiger partial charge on any atom is 0.266 e. The van der Waals surface area contributed by atoms with E-state index in [1.165, 1.54) is 0 Å². The number of hydrogen-bond acceptors (Lipinski definition) is 2. The van der Waals surface area contributed by atoms with Crippen molar-refractivity contribution >= 4 is 33.6 Å². The molecule has 0 saturated carbocycles. The number of benzene rings is 1. The van der Waals surface area contributed by atoms with Gasteiger partial charge in [0.05, 0.1) is 0 Å². The second kappa shape index (κ2) is 7.30. The number of hydrogen-bond donors (Lipinski definition) is 1. The smallest absolute Gasteiger partial charge is 0.266 e. The highest BCUT2D eigenvalue weighted by molar-refractivity contribution is 9.10. The summed E-state index contributed by atoms with van der Waals surface area (Å²) in [5.74, 6) is -0.416. The molecule has 1 N–H and O–H groups in total. The summed E-state index contributed by atoms with van der Waals surface area (Å²) >= 11 is 3.35. The van der Waals surface area contributed by atoms with Crippen LogP contribution in [-0.4, -0.2) is 10.5 Å². The number of aromatic nitrogens is 1. The Balaban J connectivity index is 2.23. The Morgan fingerprint density at radius 1 is 1.39 bits per heavy atom. The molecule has 5 heteroatoms. The van der Waals surface area contributed by atoms with E-state index >= 15 is 0 Å². The Labute approximate surface area is 144 Å². The van der Waals surface area contributed by atoms with E-state index in [9.17, 15) is 10.1 Å². The van der Waals surface area contributed by atoms with Gasteiger partial charge in [0.2, 0.25) is 0 Å². The van der Waals surface area contributed by atoms with Gasteiger partial charge >= 0.3 is 0 Å². The lowest BCUT2D eigenvalue weighted by Crippen LogP contribution is -2.13. The summed E-state index contributed by atoms with van der Waals surface area (Å²) in [6.45, 7) is 6.18. The lowest BCUT2D eigenvalue weighted by Gasteiger charge is -2.08. The maximum absolute atomic E-state index is 12.3. The zero-order valence-corrected chi connectivity index (χ0v) is 14.9. The number of nitrogens with zero attached hydrogens (tertiary/aromatic N) is 2. The molecule has 0 atom stereocenters. The van der Waals surface area contributed by atoms with E-state index < -0.39 is 5.91 Å². The van der Waals surface area contributed by atoms with Crippen LogP contribution in [0.1, 0.15) is 31.1 Å². The van der Waals surface area contributed by atoms with Gasteiger partial charge in [0, 0.05) is 28.1 Å². The number of carbonyl (C=O) groups excluding carboxylic acids is 1. The Morgan fingerprint density at radius 3 is 2.70 bits per heavy atom. The molecule has 1 amide bonds. The molecule has 0 radical (unpaired) electrons. The molecule has 0 saturated heterocycles. The number of nitriles is 1. The first kappa shape index (κ1) is 17.0. The Morgan fingerprint density at radius 2 is 2.13 bits per heavy atom. The van der Waals surface area contributed by atoms with Crippen LogP contribution in [0.2, 0.25) is 0 Å². The number of rotatable bonds is 4. The van der Waals surface area contributed by atoms with E-state index in [2.05, 4.69) is 39.7 Å². The molecule has 1 heterocycles. The van der Waals surface area contributed by atoms with Gasteiger partial charge in [-0.25, -0.2) is 0 Å². The molecular weight excluding hydrogens is 354 g/mol. The number of aryl methyl sites for hydroxylation is 1. The SMILES string of the molecule is Cc1cc(/C=C(\C#N)C(=O)Nc2cccc(Br)c2)cn1C(C)C. The highest BCUT2D eigenvalue weighted by Crippen LogP contribution is 2.19. The molecule has 1 aromatic heterocycles. The van der Waals surface area contributed by atoms with E-state index in [4.69, 9.17) is 0 Å². The van der Waals surface area contributed by atoms with Gasteiger partial charge in [0.25, 0.3) is 5.91 Å². The van der Waals surface area contributed by atoms with Crippen molar-refractivity contribution in [3.63, 3.8) is 0 Å². The van der Waals surface area contributed by atoms with Crippen LogP contribution in [0, 0.1) is 18.3 Å². The molecule has 1 aromatic carbocycles. The summed E-state index contributed by atoms with van der Waals surface area (Å²) in [5, 5.41) is 12.0. The monoisotopic (exact) mass is 371 g/mol. The topological polar surface area (TPSA) is 57.8 Å². The van der Waals surface area contributed by atoms with Crippen molar-refractivity contribution in [2.75, 3.05) is 5.32 Å². The van der Waals surface area contributed by atoms with E-state index in [0.717, 1.165) is 15.7 Å². The van der Waals surface area contributed by atoms with Crippen LogP contribution in [0.25, 0.3) is 6.08 Å². The normalized spacial score (nSPS) is 11.4. The average Bonchev–Trinajstić information content (AvgIpc) is 2.85. The fourth-order valence-electron chi connectivity index (χ4n) is 2.33. The first-order valence-electron chi connectivity index (χ1n) is 7.28. The van der Waals surface area contributed by atoms with Gasteiger partial charge in [-0.2, -0.15) is 5.26 Å². The third kappa shape index (κ3) is 4.33. The summed E-state index contributed by atoms with van der Waals surface area (Å²) in [4.78, 5) is 12.3. The lowest BCUT2D eigenvalue weighted by molar-refractivity contribution is -0.112. The fraction of sp³-hybridized carbons (Fsp3) is 0.222. The van der Waals surface area contributed by atoms with Gasteiger partial charge in [0.15, 0.2) is 0 Å². The second-order valence-corrected chi connectivity index (χ2v) is 6.47. The van der Waals surface area contributed by atoms with Gasteiger partial charge in [-0.15, -0.1) is 0 Å². The first-order valence-corrected chi connectivity index (χ1v) is 8.07.